The molecule has 0 unspecified atom stereocenters. The Morgan fingerprint density at radius 3 is 2.27 bits per heavy atom. The number of ketones is 2. The highest BCUT2D eigenvalue weighted by molar-refractivity contribution is 5.96. The first-order chi connectivity index (χ1) is 12.4. The molecule has 2 saturated carbocycles. The van der Waals surface area contributed by atoms with Crippen LogP contribution in [0.3, 0.4) is 0 Å². The summed E-state index contributed by atoms with van der Waals surface area (Å²) in [4.78, 5) is 47.5. The predicted octanol–water partition coefficient (Wildman–Crippen LogP) is 2.77. The van der Waals surface area contributed by atoms with E-state index in [1.807, 2.05) is 0 Å². The molecule has 1 aromatic rings. The zero-order chi connectivity index (χ0) is 18.7. The molecule has 0 heterocycles. The highest BCUT2D eigenvalue weighted by atomic mass is 16.5. The standard InChI is InChI=1S/C20H23NO5/c1-12(22)13-5-7-17(8-6-13)21-18(23)11-26-20(25)16-9-14-3-2-4-15(10-16)19(14)24/h5-8,14-16H,2-4,9-11H2,1H3,(H,21,23)/t14-,15-/m1/s1. The first-order valence-corrected chi connectivity index (χ1v) is 9.05. The van der Waals surface area contributed by atoms with Crippen LogP contribution in [0.4, 0.5) is 5.69 Å². The topological polar surface area (TPSA) is 89.5 Å². The lowest BCUT2D eigenvalue weighted by Gasteiger charge is -2.36. The molecule has 26 heavy (non-hydrogen) atoms. The van der Waals surface area contributed by atoms with E-state index < -0.39 is 11.9 Å². The summed E-state index contributed by atoms with van der Waals surface area (Å²) in [5.41, 5.74) is 1.10. The van der Waals surface area contributed by atoms with Crippen LogP contribution in [0.2, 0.25) is 0 Å². The van der Waals surface area contributed by atoms with Crippen molar-refractivity contribution >= 4 is 29.1 Å². The van der Waals surface area contributed by atoms with Crippen molar-refractivity contribution in [3.63, 3.8) is 0 Å². The van der Waals surface area contributed by atoms with Gasteiger partial charge in [-0.2, -0.15) is 0 Å². The van der Waals surface area contributed by atoms with Gasteiger partial charge in [0.1, 0.15) is 5.78 Å². The van der Waals surface area contributed by atoms with Crippen molar-refractivity contribution in [3.8, 4) is 0 Å². The van der Waals surface area contributed by atoms with Crippen molar-refractivity contribution in [2.45, 2.75) is 39.0 Å². The summed E-state index contributed by atoms with van der Waals surface area (Å²) < 4.78 is 5.16. The van der Waals surface area contributed by atoms with E-state index >= 15 is 0 Å². The number of anilines is 1. The first kappa shape index (κ1) is 18.3. The van der Waals surface area contributed by atoms with E-state index in [9.17, 15) is 19.2 Å². The number of amides is 1. The van der Waals surface area contributed by atoms with Gasteiger partial charge >= 0.3 is 5.97 Å². The van der Waals surface area contributed by atoms with Crippen LogP contribution in [0.5, 0.6) is 0 Å². The Morgan fingerprint density at radius 2 is 1.69 bits per heavy atom. The van der Waals surface area contributed by atoms with Crippen LogP contribution in [-0.2, 0) is 19.1 Å². The fourth-order valence-corrected chi connectivity index (χ4v) is 3.91. The number of benzene rings is 1. The van der Waals surface area contributed by atoms with Crippen molar-refractivity contribution in [1.29, 1.82) is 0 Å². The number of rotatable bonds is 5. The van der Waals surface area contributed by atoms with Gasteiger partial charge in [0.05, 0.1) is 5.92 Å². The molecular weight excluding hydrogens is 334 g/mol. The molecule has 138 valence electrons. The maximum Gasteiger partial charge on any atom is 0.309 e. The van der Waals surface area contributed by atoms with Crippen LogP contribution in [0.25, 0.3) is 0 Å². The van der Waals surface area contributed by atoms with E-state index in [2.05, 4.69) is 5.32 Å². The number of carbonyl (C=O) groups excluding carboxylic acids is 4. The second-order valence-electron chi connectivity index (χ2n) is 7.18. The van der Waals surface area contributed by atoms with E-state index in [1.54, 1.807) is 24.3 Å². The van der Waals surface area contributed by atoms with Gasteiger partial charge in [0.15, 0.2) is 12.4 Å². The number of carbonyl (C=O) groups is 4. The fourth-order valence-electron chi connectivity index (χ4n) is 3.91. The zero-order valence-corrected chi connectivity index (χ0v) is 14.8. The minimum atomic E-state index is -0.430. The molecule has 0 spiro atoms. The Bertz CT molecular complexity index is 708. The van der Waals surface area contributed by atoms with Crippen molar-refractivity contribution in [2.24, 2.45) is 17.8 Å². The van der Waals surface area contributed by atoms with E-state index in [-0.39, 0.29) is 30.1 Å². The van der Waals surface area contributed by atoms with E-state index in [4.69, 9.17) is 4.74 Å². The summed E-state index contributed by atoms with van der Waals surface area (Å²) in [7, 11) is 0. The SMILES string of the molecule is CC(=O)c1ccc(NC(=O)COC(=O)C2C[C@H]3CCC[C@H](C2)C3=O)cc1. The van der Waals surface area contributed by atoms with Crippen molar-refractivity contribution in [1.82, 2.24) is 0 Å². The number of hydrogen-bond donors (Lipinski definition) is 1. The Kier molecular flexibility index (Phi) is 5.49. The highest BCUT2D eigenvalue weighted by Crippen LogP contribution is 2.40. The molecule has 3 rings (SSSR count). The number of Topliss-reactive ketones (excluding diaryl/α,β-unsaturated/α-hetero) is 2. The normalized spacial score (nSPS) is 24.7. The molecule has 1 amide bonds. The molecule has 0 radical (unpaired) electrons. The van der Waals surface area contributed by atoms with Gasteiger partial charge in [-0.15, -0.1) is 0 Å². The Labute approximate surface area is 152 Å². The average Bonchev–Trinajstić information content (AvgIpc) is 2.60. The molecule has 0 aromatic heterocycles. The molecule has 0 aliphatic heterocycles. The van der Waals surface area contributed by atoms with Crippen molar-refractivity contribution in [2.75, 3.05) is 11.9 Å². The number of fused-ring (bicyclic) bond motifs is 2. The van der Waals surface area contributed by atoms with Crippen LogP contribution in [0.1, 0.15) is 49.4 Å². The largest absolute Gasteiger partial charge is 0.455 e. The average molecular weight is 357 g/mol. The smallest absolute Gasteiger partial charge is 0.309 e. The van der Waals surface area contributed by atoms with Gasteiger partial charge in [0.2, 0.25) is 0 Å². The summed E-state index contributed by atoms with van der Waals surface area (Å²) in [6.07, 6.45) is 3.85. The van der Waals surface area contributed by atoms with Crippen LogP contribution >= 0.6 is 0 Å². The van der Waals surface area contributed by atoms with Crippen LogP contribution < -0.4 is 5.32 Å². The number of hydrogen-bond acceptors (Lipinski definition) is 5. The molecule has 2 aliphatic rings. The molecule has 2 bridgehead atoms. The van der Waals surface area contributed by atoms with Crippen LogP contribution in [0.15, 0.2) is 24.3 Å². The first-order valence-electron chi connectivity index (χ1n) is 9.05. The molecule has 2 fully saturated rings. The highest BCUT2D eigenvalue weighted by Gasteiger charge is 2.41. The van der Waals surface area contributed by atoms with Crippen molar-refractivity contribution < 1.29 is 23.9 Å². The Morgan fingerprint density at radius 1 is 1.08 bits per heavy atom. The third-order valence-electron chi connectivity index (χ3n) is 5.30. The number of ether oxygens (including phenoxy) is 1. The lowest BCUT2D eigenvalue weighted by atomic mass is 9.67. The second-order valence-corrected chi connectivity index (χ2v) is 7.18. The van der Waals surface area contributed by atoms with Gasteiger partial charge in [0.25, 0.3) is 5.91 Å². The zero-order valence-electron chi connectivity index (χ0n) is 14.8. The third-order valence-corrected chi connectivity index (χ3v) is 5.30. The molecule has 1 N–H and O–H groups in total. The van der Waals surface area contributed by atoms with Crippen LogP contribution in [0, 0.1) is 17.8 Å². The Balaban J connectivity index is 1.47. The molecule has 1 aromatic carbocycles. The summed E-state index contributed by atoms with van der Waals surface area (Å²) in [6.45, 7) is 1.12. The summed E-state index contributed by atoms with van der Waals surface area (Å²) >= 11 is 0. The molecular formula is C20H23NO5. The molecule has 0 saturated heterocycles. The summed E-state index contributed by atoms with van der Waals surface area (Å²) in [6, 6.07) is 6.51. The summed E-state index contributed by atoms with van der Waals surface area (Å²) in [5, 5.41) is 2.63. The molecule has 2 aliphatic carbocycles. The monoisotopic (exact) mass is 357 g/mol. The fraction of sp³-hybridized carbons (Fsp3) is 0.500. The maximum atomic E-state index is 12.3. The van der Waals surface area contributed by atoms with E-state index in [0.717, 1.165) is 19.3 Å². The predicted molar refractivity (Wildman–Crippen MR) is 94.6 cm³/mol. The quantitative estimate of drug-likeness (QED) is 0.646. The molecule has 6 heteroatoms. The minimum absolute atomic E-state index is 0.0198. The molecule has 2 atom stereocenters. The van der Waals surface area contributed by atoms with Gasteiger partial charge < -0.3 is 10.1 Å². The van der Waals surface area contributed by atoms with E-state index in [1.165, 1.54) is 6.92 Å². The van der Waals surface area contributed by atoms with Crippen molar-refractivity contribution in [3.05, 3.63) is 29.8 Å². The lowest BCUT2D eigenvalue weighted by Crippen LogP contribution is -2.40. The van der Waals surface area contributed by atoms with Gasteiger partial charge in [-0.25, -0.2) is 0 Å². The number of esters is 1. The van der Waals surface area contributed by atoms with Gasteiger partial charge in [0, 0.05) is 23.1 Å². The van der Waals surface area contributed by atoms with Gasteiger partial charge in [-0.1, -0.05) is 6.42 Å². The van der Waals surface area contributed by atoms with Gasteiger partial charge in [-0.05, 0) is 56.9 Å². The van der Waals surface area contributed by atoms with Crippen LogP contribution in [-0.4, -0.2) is 30.0 Å². The molecule has 6 nitrogen and oxygen atoms in total. The Hall–Kier alpha value is -2.50. The maximum absolute atomic E-state index is 12.3. The third kappa shape index (κ3) is 4.18. The van der Waals surface area contributed by atoms with Gasteiger partial charge in [-0.3, -0.25) is 19.2 Å². The minimum Gasteiger partial charge on any atom is -0.455 e. The summed E-state index contributed by atoms with van der Waals surface area (Å²) in [5.74, 6) is -0.898. The van der Waals surface area contributed by atoms with E-state index in [0.29, 0.717) is 29.9 Å². The number of nitrogens with one attached hydrogen (secondary N) is 1. The second kappa shape index (κ2) is 7.81. The lowest BCUT2D eigenvalue weighted by molar-refractivity contribution is -0.155.